The Kier molecular flexibility index (Phi) is 7.70. The monoisotopic (exact) mass is 447 g/mol. The predicted molar refractivity (Wildman–Crippen MR) is 116 cm³/mol. The van der Waals surface area contributed by atoms with Crippen molar-refractivity contribution in [2.24, 2.45) is 0 Å². The van der Waals surface area contributed by atoms with Gasteiger partial charge >= 0.3 is 5.97 Å². The molecule has 0 saturated carbocycles. The molecule has 31 heavy (non-hydrogen) atoms. The fourth-order valence-corrected chi connectivity index (χ4v) is 3.44. The molecule has 1 aromatic carbocycles. The molecule has 0 aliphatic rings. The number of hydrogen-bond donors (Lipinski definition) is 3. The van der Waals surface area contributed by atoms with Crippen LogP contribution in [0, 0.1) is 13.8 Å². The summed E-state index contributed by atoms with van der Waals surface area (Å²) in [5, 5.41) is 5.47. The lowest BCUT2D eigenvalue weighted by Gasteiger charge is -2.14. The zero-order chi connectivity index (χ0) is 23.2. The Morgan fingerprint density at radius 3 is 2.16 bits per heavy atom. The Balaban J connectivity index is 2.23. The number of ether oxygens (including phenoxy) is 1. The second-order valence-electron chi connectivity index (χ2n) is 6.94. The average molecular weight is 448 g/mol. The molecule has 0 radical (unpaired) electrons. The van der Waals surface area contributed by atoms with Gasteiger partial charge in [0.2, 0.25) is 5.95 Å². The maximum absolute atomic E-state index is 12.6. The first-order chi connectivity index (χ1) is 14.5. The number of methoxy groups -OCH3 is 1. The third-order valence-corrected chi connectivity index (χ3v) is 5.12. The normalized spacial score (nSPS) is 11.7. The number of amides is 1. The second-order valence-corrected chi connectivity index (χ2v) is 8.62. The van der Waals surface area contributed by atoms with Gasteiger partial charge in [-0.25, -0.2) is 27.9 Å². The Hall–Kier alpha value is -3.47. The van der Waals surface area contributed by atoms with E-state index in [1.54, 1.807) is 33.8 Å². The number of nitrogens with one attached hydrogen (secondary N) is 3. The summed E-state index contributed by atoms with van der Waals surface area (Å²) in [6, 6.07) is 7.21. The topological polar surface area (TPSA) is 139 Å². The fraction of sp³-hybridized carbons (Fsp3) is 0.300. The highest BCUT2D eigenvalue weighted by Gasteiger charge is 2.17. The molecule has 0 aliphatic heterocycles. The van der Waals surface area contributed by atoms with Gasteiger partial charge in [0.15, 0.2) is 0 Å². The number of rotatable bonds is 8. The fourth-order valence-electron chi connectivity index (χ4n) is 2.50. The predicted octanol–water partition coefficient (Wildman–Crippen LogP) is 1.89. The van der Waals surface area contributed by atoms with Gasteiger partial charge in [0.05, 0.1) is 18.1 Å². The molecule has 1 heterocycles. The van der Waals surface area contributed by atoms with Crippen LogP contribution in [0.1, 0.15) is 25.2 Å². The molecule has 0 atom stereocenters. The summed E-state index contributed by atoms with van der Waals surface area (Å²) in [4.78, 5) is 32.0. The van der Waals surface area contributed by atoms with Crippen molar-refractivity contribution < 1.29 is 22.7 Å². The number of sulfonamides is 1. The summed E-state index contributed by atoms with van der Waals surface area (Å²) < 4.78 is 32.2. The van der Waals surface area contributed by atoms with Crippen LogP contribution in [0.4, 0.5) is 11.6 Å². The molecule has 2 aromatic rings. The van der Waals surface area contributed by atoms with Crippen molar-refractivity contribution in [3.05, 3.63) is 53.5 Å². The van der Waals surface area contributed by atoms with Crippen LogP contribution in [0.3, 0.4) is 0 Å². The minimum Gasteiger partial charge on any atom is -0.466 e. The Morgan fingerprint density at radius 2 is 1.65 bits per heavy atom. The van der Waals surface area contributed by atoms with Gasteiger partial charge in [-0.15, -0.1) is 0 Å². The molecule has 11 heteroatoms. The molecular formula is C20H25N5O5S. The van der Waals surface area contributed by atoms with Crippen LogP contribution < -0.4 is 15.4 Å². The molecule has 1 aromatic heterocycles. The summed E-state index contributed by atoms with van der Waals surface area (Å²) in [6.07, 6.45) is 1.02. The Bertz CT molecular complexity index is 1080. The number of benzene rings is 1. The Labute approximate surface area is 181 Å². The number of hydrogen-bond acceptors (Lipinski definition) is 8. The minimum absolute atomic E-state index is 0.0200. The van der Waals surface area contributed by atoms with Gasteiger partial charge in [-0.3, -0.25) is 4.79 Å². The van der Waals surface area contributed by atoms with Gasteiger partial charge in [0.1, 0.15) is 5.70 Å². The number of aromatic nitrogens is 2. The van der Waals surface area contributed by atoms with Crippen molar-refractivity contribution in [3.63, 3.8) is 0 Å². The number of nitrogens with zero attached hydrogens (tertiary/aromatic N) is 2. The molecule has 1 amide bonds. The van der Waals surface area contributed by atoms with Crippen LogP contribution in [0.25, 0.3) is 0 Å². The highest BCUT2D eigenvalue weighted by molar-refractivity contribution is 7.92. The third kappa shape index (κ3) is 7.07. The zero-order valence-corrected chi connectivity index (χ0v) is 18.7. The van der Waals surface area contributed by atoms with Crippen molar-refractivity contribution in [3.8, 4) is 0 Å². The first-order valence-electron chi connectivity index (χ1n) is 9.33. The molecule has 10 nitrogen and oxygen atoms in total. The lowest BCUT2D eigenvalue weighted by Crippen LogP contribution is -2.34. The molecule has 0 bridgehead atoms. The molecule has 0 aliphatic carbocycles. The summed E-state index contributed by atoms with van der Waals surface area (Å²) in [6.45, 7) is 7.03. The first-order valence-corrected chi connectivity index (χ1v) is 10.8. The first kappa shape index (κ1) is 23.8. The number of carbonyl (C=O) groups excluding carboxylic acids is 2. The molecular weight excluding hydrogens is 422 g/mol. The van der Waals surface area contributed by atoms with Gasteiger partial charge in [-0.2, -0.15) is 0 Å². The van der Waals surface area contributed by atoms with E-state index < -0.39 is 21.9 Å². The van der Waals surface area contributed by atoms with Crippen molar-refractivity contribution in [1.29, 1.82) is 0 Å². The van der Waals surface area contributed by atoms with Gasteiger partial charge in [-0.1, -0.05) is 0 Å². The molecule has 0 spiro atoms. The van der Waals surface area contributed by atoms with Gasteiger partial charge in [0, 0.05) is 23.1 Å². The smallest absolute Gasteiger partial charge is 0.332 e. The molecule has 0 fully saturated rings. The van der Waals surface area contributed by atoms with Crippen LogP contribution in [0.5, 0.6) is 0 Å². The highest BCUT2D eigenvalue weighted by Crippen LogP contribution is 2.18. The number of esters is 1. The standard InChI is InChI=1S/C20H25N5O5S/c1-12(2)21-19(27)17(11-18(26)30-5)24-15-6-8-16(9-7-15)31(28,29)25-20-22-13(3)10-14(4)23-20/h6-12,24H,1-5H3,(H,21,27)(H,22,23,25)/b17-11-. The van der Waals surface area contributed by atoms with E-state index in [0.29, 0.717) is 17.1 Å². The molecule has 0 unspecified atom stereocenters. The van der Waals surface area contributed by atoms with Crippen LogP contribution in [-0.2, 0) is 24.3 Å². The van der Waals surface area contributed by atoms with E-state index in [1.807, 2.05) is 0 Å². The molecule has 3 N–H and O–H groups in total. The molecule has 166 valence electrons. The summed E-state index contributed by atoms with van der Waals surface area (Å²) in [7, 11) is -2.72. The van der Waals surface area contributed by atoms with Crippen molar-refractivity contribution in [2.75, 3.05) is 17.1 Å². The van der Waals surface area contributed by atoms with E-state index in [2.05, 4.69) is 30.1 Å². The lowest BCUT2D eigenvalue weighted by molar-refractivity contribution is -0.135. The minimum atomic E-state index is -3.92. The Morgan fingerprint density at radius 1 is 1.06 bits per heavy atom. The van der Waals surface area contributed by atoms with Crippen molar-refractivity contribution in [2.45, 2.75) is 38.6 Å². The van der Waals surface area contributed by atoms with Gasteiger partial charge in [-0.05, 0) is 58.0 Å². The third-order valence-electron chi connectivity index (χ3n) is 3.78. The van der Waals surface area contributed by atoms with Gasteiger partial charge in [0.25, 0.3) is 15.9 Å². The van der Waals surface area contributed by atoms with Crippen molar-refractivity contribution in [1.82, 2.24) is 15.3 Å². The summed E-state index contributed by atoms with van der Waals surface area (Å²) in [5.74, 6) is -1.24. The maximum atomic E-state index is 12.6. The summed E-state index contributed by atoms with van der Waals surface area (Å²) in [5.41, 5.74) is 1.62. The average Bonchev–Trinajstić information content (AvgIpc) is 2.66. The van der Waals surface area contributed by atoms with E-state index in [-0.39, 0.29) is 22.6 Å². The number of anilines is 2. The highest BCUT2D eigenvalue weighted by atomic mass is 32.2. The second kappa shape index (κ2) is 10.0. The van der Waals surface area contributed by atoms with Gasteiger partial charge < -0.3 is 15.4 Å². The largest absolute Gasteiger partial charge is 0.466 e. The van der Waals surface area contributed by atoms with Crippen LogP contribution >= 0.6 is 0 Å². The summed E-state index contributed by atoms with van der Waals surface area (Å²) >= 11 is 0. The lowest BCUT2D eigenvalue weighted by atomic mass is 10.2. The van der Waals surface area contributed by atoms with Crippen LogP contribution in [0.2, 0.25) is 0 Å². The maximum Gasteiger partial charge on any atom is 0.332 e. The molecule has 0 saturated heterocycles. The van der Waals surface area contributed by atoms with E-state index in [4.69, 9.17) is 0 Å². The number of carbonyl (C=O) groups is 2. The molecule has 2 rings (SSSR count). The van der Waals surface area contributed by atoms with E-state index in [0.717, 1.165) is 6.08 Å². The SMILES string of the molecule is COC(=O)/C=C(\Nc1ccc(S(=O)(=O)Nc2nc(C)cc(C)n2)cc1)C(=O)NC(C)C. The van der Waals surface area contributed by atoms with E-state index >= 15 is 0 Å². The van der Waals surface area contributed by atoms with Crippen LogP contribution in [0.15, 0.2) is 47.0 Å². The van der Waals surface area contributed by atoms with E-state index in [9.17, 15) is 18.0 Å². The van der Waals surface area contributed by atoms with E-state index in [1.165, 1.54) is 31.4 Å². The quantitative estimate of drug-likeness (QED) is 0.412. The number of aryl methyl sites for hydroxylation is 2. The van der Waals surface area contributed by atoms with Crippen molar-refractivity contribution >= 4 is 33.5 Å². The van der Waals surface area contributed by atoms with Crippen LogP contribution in [-0.4, -0.2) is 43.4 Å². The zero-order valence-electron chi connectivity index (χ0n) is 17.9.